The fourth-order valence-electron chi connectivity index (χ4n) is 3.08. The minimum atomic E-state index is -0.366. The van der Waals surface area contributed by atoms with Gasteiger partial charge in [0, 0.05) is 11.8 Å². The Kier molecular flexibility index (Phi) is 4.34. The summed E-state index contributed by atoms with van der Waals surface area (Å²) in [6, 6.07) is 7.15. The van der Waals surface area contributed by atoms with Crippen LogP contribution in [-0.2, 0) is 9.53 Å². The molecule has 1 aliphatic rings. The number of benzene rings is 1. The Labute approximate surface area is 141 Å². The highest BCUT2D eigenvalue weighted by atomic mass is 16.5. The first-order valence-corrected chi connectivity index (χ1v) is 8.03. The second-order valence-electron chi connectivity index (χ2n) is 5.94. The van der Waals surface area contributed by atoms with Crippen LogP contribution in [0.25, 0.3) is 0 Å². The summed E-state index contributed by atoms with van der Waals surface area (Å²) in [6.45, 7) is 6.09. The van der Waals surface area contributed by atoms with Crippen LogP contribution in [0.4, 0.5) is 5.69 Å². The fraction of sp³-hybridized carbons (Fsp3) is 0.316. The van der Waals surface area contributed by atoms with Crippen LogP contribution in [0.3, 0.4) is 0 Å². The lowest BCUT2D eigenvalue weighted by Crippen LogP contribution is -2.29. The molecule has 0 spiro atoms. The number of ether oxygens (including phenoxy) is 1. The summed E-state index contributed by atoms with van der Waals surface area (Å²) in [5.74, 6) is -0.411. The molecule has 2 heterocycles. The first-order valence-electron chi connectivity index (χ1n) is 8.03. The molecule has 24 heavy (non-hydrogen) atoms. The molecule has 0 fully saturated rings. The molecule has 5 heteroatoms. The molecule has 5 nitrogen and oxygen atoms in total. The number of nitrogens with zero attached hydrogens (tertiary/aromatic N) is 2. The van der Waals surface area contributed by atoms with Crippen molar-refractivity contribution in [2.24, 2.45) is 0 Å². The van der Waals surface area contributed by atoms with Gasteiger partial charge >= 0.3 is 5.97 Å². The van der Waals surface area contributed by atoms with E-state index in [4.69, 9.17) is 4.74 Å². The van der Waals surface area contributed by atoms with Gasteiger partial charge in [-0.3, -0.25) is 19.5 Å². The number of aromatic nitrogens is 1. The van der Waals surface area contributed by atoms with Gasteiger partial charge in [0.05, 0.1) is 31.0 Å². The van der Waals surface area contributed by atoms with Crippen molar-refractivity contribution >= 4 is 17.6 Å². The van der Waals surface area contributed by atoms with Gasteiger partial charge in [0.25, 0.3) is 5.91 Å². The van der Waals surface area contributed by atoms with Gasteiger partial charge in [0.2, 0.25) is 0 Å². The van der Waals surface area contributed by atoms with Crippen LogP contribution < -0.4 is 4.90 Å². The van der Waals surface area contributed by atoms with Crippen molar-refractivity contribution in [2.75, 3.05) is 11.5 Å². The average molecular weight is 324 g/mol. The quantitative estimate of drug-likeness (QED) is 0.809. The van der Waals surface area contributed by atoms with Gasteiger partial charge in [-0.25, -0.2) is 0 Å². The number of carbonyl (C=O) groups is 2. The number of hydrogen-bond acceptors (Lipinski definition) is 4. The number of carbonyl (C=O) groups excluding carboxylic acids is 2. The van der Waals surface area contributed by atoms with Crippen LogP contribution in [0.1, 0.15) is 46.4 Å². The van der Waals surface area contributed by atoms with E-state index in [1.807, 2.05) is 32.0 Å². The highest BCUT2D eigenvalue weighted by Crippen LogP contribution is 2.40. The molecule has 1 atom stereocenters. The van der Waals surface area contributed by atoms with Crippen molar-refractivity contribution < 1.29 is 14.3 Å². The fourth-order valence-corrected chi connectivity index (χ4v) is 3.08. The molecule has 1 aliphatic heterocycles. The highest BCUT2D eigenvalue weighted by molar-refractivity contribution is 6.11. The van der Waals surface area contributed by atoms with E-state index >= 15 is 0 Å². The zero-order valence-electron chi connectivity index (χ0n) is 14.1. The maximum Gasteiger partial charge on any atom is 0.308 e. The van der Waals surface area contributed by atoms with Gasteiger partial charge in [-0.05, 0) is 55.7 Å². The Morgan fingerprint density at radius 1 is 1.29 bits per heavy atom. The molecule has 124 valence electrons. The summed E-state index contributed by atoms with van der Waals surface area (Å²) in [6.07, 6.45) is 3.43. The molecule has 0 N–H and O–H groups in total. The third-order valence-electron chi connectivity index (χ3n) is 4.38. The smallest absolute Gasteiger partial charge is 0.308 e. The number of anilines is 1. The van der Waals surface area contributed by atoms with Crippen molar-refractivity contribution in [3.8, 4) is 0 Å². The van der Waals surface area contributed by atoms with E-state index in [0.29, 0.717) is 17.9 Å². The second kappa shape index (κ2) is 6.43. The Hall–Kier alpha value is -2.69. The summed E-state index contributed by atoms with van der Waals surface area (Å²) >= 11 is 0. The molecule has 0 aliphatic carbocycles. The van der Waals surface area contributed by atoms with E-state index in [2.05, 4.69) is 4.98 Å². The van der Waals surface area contributed by atoms with Crippen molar-refractivity contribution in [3.63, 3.8) is 0 Å². The van der Waals surface area contributed by atoms with Gasteiger partial charge in [0.1, 0.15) is 0 Å². The standard InChI is InChI=1S/C19H20N2O3/c1-4-24-18(22)10-17-15-8-12(2)13(3)9-16(15)19(23)21(17)14-6-5-7-20-11-14/h5-9,11,17H,4,10H2,1-3H3. The molecular weight excluding hydrogens is 304 g/mol. The van der Waals surface area contributed by atoms with E-state index in [1.54, 1.807) is 30.3 Å². The summed E-state index contributed by atoms with van der Waals surface area (Å²) in [5, 5.41) is 0. The SMILES string of the molecule is CCOC(=O)CC1c2cc(C)c(C)cc2C(=O)N1c1cccnc1. The Morgan fingerprint density at radius 3 is 2.71 bits per heavy atom. The van der Waals surface area contributed by atoms with Crippen molar-refractivity contribution in [1.82, 2.24) is 4.98 Å². The second-order valence-corrected chi connectivity index (χ2v) is 5.94. The average Bonchev–Trinajstić information content (AvgIpc) is 2.81. The monoisotopic (exact) mass is 324 g/mol. The molecule has 1 unspecified atom stereocenters. The van der Waals surface area contributed by atoms with Gasteiger partial charge in [-0.2, -0.15) is 0 Å². The normalized spacial score (nSPS) is 16.2. The van der Waals surface area contributed by atoms with Gasteiger partial charge in [-0.15, -0.1) is 0 Å². The first-order chi connectivity index (χ1) is 11.5. The van der Waals surface area contributed by atoms with Crippen LogP contribution >= 0.6 is 0 Å². The summed E-state index contributed by atoms with van der Waals surface area (Å²) in [5.41, 5.74) is 4.37. The van der Waals surface area contributed by atoms with Crippen molar-refractivity contribution in [1.29, 1.82) is 0 Å². The number of aryl methyl sites for hydroxylation is 2. The zero-order valence-corrected chi connectivity index (χ0v) is 14.1. The van der Waals surface area contributed by atoms with Gasteiger partial charge in [0.15, 0.2) is 0 Å². The van der Waals surface area contributed by atoms with Crippen molar-refractivity contribution in [3.05, 3.63) is 58.9 Å². The maximum atomic E-state index is 13.0. The molecule has 3 rings (SSSR count). The lowest BCUT2D eigenvalue weighted by atomic mass is 9.96. The number of esters is 1. The molecule has 1 aromatic carbocycles. The lowest BCUT2D eigenvalue weighted by Gasteiger charge is -2.24. The number of pyridine rings is 1. The number of rotatable bonds is 4. The van der Waals surface area contributed by atoms with Crippen molar-refractivity contribution in [2.45, 2.75) is 33.2 Å². The molecular formula is C19H20N2O3. The summed E-state index contributed by atoms with van der Waals surface area (Å²) in [7, 11) is 0. The largest absolute Gasteiger partial charge is 0.466 e. The molecule has 0 bridgehead atoms. The van der Waals surface area contributed by atoms with Gasteiger partial charge < -0.3 is 4.74 Å². The van der Waals surface area contributed by atoms with E-state index in [9.17, 15) is 9.59 Å². The van der Waals surface area contributed by atoms with Crippen LogP contribution in [-0.4, -0.2) is 23.5 Å². The topological polar surface area (TPSA) is 59.5 Å². The lowest BCUT2D eigenvalue weighted by molar-refractivity contribution is -0.143. The molecule has 0 radical (unpaired) electrons. The predicted octanol–water partition coefficient (Wildman–Crippen LogP) is 3.35. The van der Waals surface area contributed by atoms with Crippen LogP contribution in [0, 0.1) is 13.8 Å². The minimum absolute atomic E-state index is 0.101. The third kappa shape index (κ3) is 2.77. The molecule has 1 amide bonds. The maximum absolute atomic E-state index is 13.0. The van der Waals surface area contributed by atoms with Crippen LogP contribution in [0.5, 0.6) is 0 Å². The van der Waals surface area contributed by atoms with Crippen LogP contribution in [0.2, 0.25) is 0 Å². The molecule has 2 aromatic rings. The minimum Gasteiger partial charge on any atom is -0.466 e. The van der Waals surface area contributed by atoms with Gasteiger partial charge in [-0.1, -0.05) is 6.07 Å². The molecule has 0 saturated carbocycles. The highest BCUT2D eigenvalue weighted by Gasteiger charge is 2.39. The van der Waals surface area contributed by atoms with Crippen LogP contribution in [0.15, 0.2) is 36.7 Å². The number of fused-ring (bicyclic) bond motifs is 1. The van der Waals surface area contributed by atoms with E-state index in [1.165, 1.54) is 0 Å². The Morgan fingerprint density at radius 2 is 2.04 bits per heavy atom. The Balaban J connectivity index is 2.07. The predicted molar refractivity (Wildman–Crippen MR) is 91.0 cm³/mol. The number of hydrogen-bond donors (Lipinski definition) is 0. The van der Waals surface area contributed by atoms with E-state index < -0.39 is 0 Å². The summed E-state index contributed by atoms with van der Waals surface area (Å²) < 4.78 is 5.10. The third-order valence-corrected chi connectivity index (χ3v) is 4.38. The van der Waals surface area contributed by atoms with E-state index in [-0.39, 0.29) is 24.3 Å². The Bertz CT molecular complexity index is 787. The first kappa shape index (κ1) is 16.2. The molecule has 1 aromatic heterocycles. The zero-order chi connectivity index (χ0) is 17.3. The molecule has 0 saturated heterocycles. The number of amides is 1. The summed E-state index contributed by atoms with van der Waals surface area (Å²) in [4.78, 5) is 30.8. The van der Waals surface area contributed by atoms with E-state index in [0.717, 1.165) is 16.7 Å².